The van der Waals surface area contributed by atoms with E-state index >= 15 is 0 Å². The van der Waals surface area contributed by atoms with Gasteiger partial charge in [-0.2, -0.15) is 5.26 Å². The van der Waals surface area contributed by atoms with Gasteiger partial charge >= 0.3 is 6.09 Å². The number of nitrogens with two attached hydrogens (primary N) is 1. The Morgan fingerprint density at radius 1 is 1.45 bits per heavy atom. The summed E-state index contributed by atoms with van der Waals surface area (Å²) in [6.45, 7) is 0.976. The number of aliphatic hydroxyl groups is 1. The summed E-state index contributed by atoms with van der Waals surface area (Å²) in [4.78, 5) is 10.3. The number of carbonyl (C=O) groups excluding carboxylic acids is 1. The van der Waals surface area contributed by atoms with Gasteiger partial charge in [-0.25, -0.2) is 4.79 Å². The van der Waals surface area contributed by atoms with Crippen LogP contribution in [0.3, 0.4) is 0 Å². The smallest absolute Gasteiger partial charge is 0.404 e. The first kappa shape index (κ1) is 15.8. The summed E-state index contributed by atoms with van der Waals surface area (Å²) in [6.07, 6.45) is -1.52. The Labute approximate surface area is 116 Å². The third-order valence-electron chi connectivity index (χ3n) is 2.33. The Balaban J connectivity index is 2.14. The third-order valence-corrected chi connectivity index (χ3v) is 2.33. The molecule has 7 nitrogen and oxygen atoms in total. The molecule has 1 aromatic rings. The molecule has 4 N–H and O–H groups in total. The largest absolute Gasteiger partial charge is 0.491 e. The summed E-state index contributed by atoms with van der Waals surface area (Å²) in [7, 11) is 0. The van der Waals surface area contributed by atoms with Gasteiger partial charge in [0.25, 0.3) is 0 Å². The van der Waals surface area contributed by atoms with Gasteiger partial charge in [-0.15, -0.1) is 0 Å². The third kappa shape index (κ3) is 6.58. The van der Waals surface area contributed by atoms with Crippen molar-refractivity contribution in [2.24, 2.45) is 5.73 Å². The number of aliphatic hydroxyl groups excluding tert-OH is 1. The molecule has 0 fully saturated rings. The highest BCUT2D eigenvalue weighted by molar-refractivity contribution is 5.64. The Kier molecular flexibility index (Phi) is 6.89. The average molecular weight is 279 g/mol. The number of nitrogens with one attached hydrogen (secondary N) is 1. The first-order valence-corrected chi connectivity index (χ1v) is 6.06. The number of primary amides is 1. The van der Waals surface area contributed by atoms with E-state index in [2.05, 4.69) is 10.1 Å². The molecule has 0 heterocycles. The zero-order chi connectivity index (χ0) is 14.8. The number of amides is 1. The predicted octanol–water partition coefficient (Wildman–Crippen LogP) is -0.0171. The zero-order valence-corrected chi connectivity index (χ0v) is 10.9. The highest BCUT2D eigenvalue weighted by Gasteiger charge is 2.05. The van der Waals surface area contributed by atoms with Crippen molar-refractivity contribution >= 4 is 6.09 Å². The first-order chi connectivity index (χ1) is 9.61. The molecular formula is C13H17N3O4. The van der Waals surface area contributed by atoms with Gasteiger partial charge in [0.05, 0.1) is 11.6 Å². The van der Waals surface area contributed by atoms with Crippen LogP contribution in [0.25, 0.3) is 0 Å². The predicted molar refractivity (Wildman–Crippen MR) is 71.1 cm³/mol. The van der Waals surface area contributed by atoms with Crippen molar-refractivity contribution in [2.75, 3.05) is 26.3 Å². The van der Waals surface area contributed by atoms with Gasteiger partial charge in [0.1, 0.15) is 25.1 Å². The molecule has 0 spiro atoms. The van der Waals surface area contributed by atoms with Crippen LogP contribution in [-0.4, -0.2) is 43.6 Å². The summed E-state index contributed by atoms with van der Waals surface area (Å²) < 4.78 is 9.87. The number of rotatable bonds is 8. The van der Waals surface area contributed by atoms with Crippen molar-refractivity contribution in [3.63, 3.8) is 0 Å². The lowest BCUT2D eigenvalue weighted by molar-refractivity contribution is 0.104. The molecule has 7 heteroatoms. The van der Waals surface area contributed by atoms with E-state index in [1.54, 1.807) is 24.3 Å². The molecule has 0 bridgehead atoms. The Hall–Kier alpha value is -2.30. The summed E-state index contributed by atoms with van der Waals surface area (Å²) in [5, 5.41) is 21.2. The fourth-order valence-electron chi connectivity index (χ4n) is 1.37. The molecule has 0 aliphatic rings. The van der Waals surface area contributed by atoms with Gasteiger partial charge in [0.15, 0.2) is 0 Å². The van der Waals surface area contributed by atoms with Crippen LogP contribution in [0.5, 0.6) is 5.75 Å². The molecule has 0 radical (unpaired) electrons. The molecule has 1 rings (SSSR count). The minimum atomic E-state index is -0.823. The first-order valence-electron chi connectivity index (χ1n) is 6.06. The minimum absolute atomic E-state index is 0.121. The lowest BCUT2D eigenvalue weighted by Gasteiger charge is -2.13. The minimum Gasteiger partial charge on any atom is -0.491 e. The van der Waals surface area contributed by atoms with Gasteiger partial charge in [-0.3, -0.25) is 0 Å². The standard InChI is InChI=1S/C13H17N3O4/c14-7-10-1-3-12(4-2-10)20-9-11(17)8-16-5-6-19-13(15)18/h1-4,11,16-17H,5-6,8-9H2,(H2,15,18). The van der Waals surface area contributed by atoms with Crippen molar-refractivity contribution in [2.45, 2.75) is 6.10 Å². The molecule has 0 aliphatic heterocycles. The van der Waals surface area contributed by atoms with E-state index in [1.165, 1.54) is 0 Å². The van der Waals surface area contributed by atoms with E-state index in [-0.39, 0.29) is 13.2 Å². The molecule has 0 saturated heterocycles. The number of nitrogens with zero attached hydrogens (tertiary/aromatic N) is 1. The van der Waals surface area contributed by atoms with Crippen LogP contribution in [0.15, 0.2) is 24.3 Å². The van der Waals surface area contributed by atoms with Crippen LogP contribution in [0.2, 0.25) is 0 Å². The lowest BCUT2D eigenvalue weighted by Crippen LogP contribution is -2.33. The van der Waals surface area contributed by atoms with Crippen LogP contribution in [0, 0.1) is 11.3 Å². The zero-order valence-electron chi connectivity index (χ0n) is 10.9. The van der Waals surface area contributed by atoms with Crippen LogP contribution in [-0.2, 0) is 4.74 Å². The molecule has 108 valence electrons. The average Bonchev–Trinajstić information content (AvgIpc) is 2.45. The van der Waals surface area contributed by atoms with Crippen LogP contribution < -0.4 is 15.8 Å². The van der Waals surface area contributed by atoms with Gasteiger partial charge in [-0.1, -0.05) is 0 Å². The summed E-state index contributed by atoms with van der Waals surface area (Å²) in [5.41, 5.74) is 5.34. The van der Waals surface area contributed by atoms with Crippen molar-refractivity contribution in [3.05, 3.63) is 29.8 Å². The molecule has 1 amide bonds. The number of hydrogen-bond donors (Lipinski definition) is 3. The number of benzene rings is 1. The van der Waals surface area contributed by atoms with Crippen LogP contribution >= 0.6 is 0 Å². The topological polar surface area (TPSA) is 118 Å². The monoisotopic (exact) mass is 279 g/mol. The molecule has 20 heavy (non-hydrogen) atoms. The molecular weight excluding hydrogens is 262 g/mol. The fraction of sp³-hybridized carbons (Fsp3) is 0.385. The second-order valence-electron chi connectivity index (χ2n) is 3.97. The van der Waals surface area contributed by atoms with Gasteiger partial charge in [0, 0.05) is 13.1 Å². The quantitative estimate of drug-likeness (QED) is 0.576. The van der Waals surface area contributed by atoms with E-state index in [4.69, 9.17) is 15.7 Å². The highest BCUT2D eigenvalue weighted by atomic mass is 16.5. The number of ether oxygens (including phenoxy) is 2. The van der Waals surface area contributed by atoms with Gasteiger partial charge in [0.2, 0.25) is 0 Å². The van der Waals surface area contributed by atoms with Crippen LogP contribution in [0.4, 0.5) is 4.79 Å². The van der Waals surface area contributed by atoms with Crippen molar-refractivity contribution in [1.82, 2.24) is 5.32 Å². The molecule has 0 aromatic heterocycles. The van der Waals surface area contributed by atoms with Crippen LogP contribution in [0.1, 0.15) is 5.56 Å². The molecule has 0 saturated carbocycles. The van der Waals surface area contributed by atoms with E-state index in [0.717, 1.165) is 0 Å². The van der Waals surface area contributed by atoms with E-state index in [0.29, 0.717) is 24.4 Å². The Morgan fingerprint density at radius 3 is 2.75 bits per heavy atom. The maximum absolute atomic E-state index is 10.3. The maximum Gasteiger partial charge on any atom is 0.404 e. The fourth-order valence-corrected chi connectivity index (χ4v) is 1.37. The SMILES string of the molecule is N#Cc1ccc(OCC(O)CNCCOC(N)=O)cc1. The Morgan fingerprint density at radius 2 is 2.15 bits per heavy atom. The molecule has 1 atom stereocenters. The molecule has 1 aromatic carbocycles. The molecule has 1 unspecified atom stereocenters. The second kappa shape index (κ2) is 8.74. The summed E-state index contributed by atoms with van der Waals surface area (Å²) in [6, 6.07) is 8.62. The highest BCUT2D eigenvalue weighted by Crippen LogP contribution is 2.11. The second-order valence-corrected chi connectivity index (χ2v) is 3.97. The summed E-state index contributed by atoms with van der Waals surface area (Å²) in [5.74, 6) is 0.583. The van der Waals surface area contributed by atoms with Crippen molar-refractivity contribution in [3.8, 4) is 11.8 Å². The maximum atomic E-state index is 10.3. The van der Waals surface area contributed by atoms with Crippen molar-refractivity contribution in [1.29, 1.82) is 5.26 Å². The summed E-state index contributed by atoms with van der Waals surface area (Å²) >= 11 is 0. The molecule has 0 aliphatic carbocycles. The number of carbonyl (C=O) groups is 1. The van der Waals surface area contributed by atoms with E-state index in [1.807, 2.05) is 6.07 Å². The van der Waals surface area contributed by atoms with E-state index < -0.39 is 12.2 Å². The van der Waals surface area contributed by atoms with Gasteiger partial charge in [-0.05, 0) is 24.3 Å². The van der Waals surface area contributed by atoms with Gasteiger partial charge < -0.3 is 25.6 Å². The van der Waals surface area contributed by atoms with Crippen molar-refractivity contribution < 1.29 is 19.4 Å². The lowest BCUT2D eigenvalue weighted by atomic mass is 10.2. The Bertz CT molecular complexity index is 456. The number of hydrogen-bond acceptors (Lipinski definition) is 6. The van der Waals surface area contributed by atoms with E-state index in [9.17, 15) is 9.90 Å². The number of nitriles is 1. The normalized spacial score (nSPS) is 11.4.